The Balaban J connectivity index is 0.954. The number of phenolic OH excluding ortho intramolecular Hbond substituents is 1. The van der Waals surface area contributed by atoms with Gasteiger partial charge in [-0.15, -0.1) is 11.3 Å². The van der Waals surface area contributed by atoms with Crippen LogP contribution in [0.4, 0.5) is 0 Å². The Kier molecular flexibility index (Phi) is 12.9. The van der Waals surface area contributed by atoms with E-state index in [1.165, 1.54) is 31.7 Å². The van der Waals surface area contributed by atoms with Crippen LogP contribution >= 0.6 is 22.7 Å². The molecule has 0 unspecified atom stereocenters. The molecule has 3 aromatic rings. The van der Waals surface area contributed by atoms with Crippen molar-refractivity contribution in [1.29, 1.82) is 0 Å². The van der Waals surface area contributed by atoms with Gasteiger partial charge >= 0.3 is 4.87 Å². The summed E-state index contributed by atoms with van der Waals surface area (Å²) in [7, 11) is 0. The molecule has 2 aliphatic rings. The van der Waals surface area contributed by atoms with Crippen molar-refractivity contribution >= 4 is 45.3 Å². The Hall–Kier alpha value is -2.84. The van der Waals surface area contributed by atoms with Gasteiger partial charge in [-0.25, -0.2) is 4.98 Å². The van der Waals surface area contributed by atoms with Gasteiger partial charge < -0.3 is 34.7 Å². The number of amides is 1. The van der Waals surface area contributed by atoms with Crippen LogP contribution in [0.1, 0.15) is 112 Å². The lowest BCUT2D eigenvalue weighted by atomic mass is 9.82. The molecule has 1 spiro atoms. The largest absolute Gasteiger partial charge is 0.506 e. The molecule has 5 rings (SSSR count). The first-order valence-electron chi connectivity index (χ1n) is 17.7. The van der Waals surface area contributed by atoms with Crippen LogP contribution in [0.3, 0.4) is 0 Å². The van der Waals surface area contributed by atoms with Crippen molar-refractivity contribution in [1.82, 2.24) is 25.1 Å². The van der Waals surface area contributed by atoms with E-state index in [4.69, 9.17) is 9.47 Å². The van der Waals surface area contributed by atoms with E-state index >= 15 is 0 Å². The highest BCUT2D eigenvalue weighted by Gasteiger charge is 2.41. The number of benzene rings is 1. The number of nitrogens with zero attached hydrogens (tertiary/aromatic N) is 3. The van der Waals surface area contributed by atoms with Crippen molar-refractivity contribution in [2.24, 2.45) is 5.41 Å². The van der Waals surface area contributed by atoms with Crippen LogP contribution in [0, 0.1) is 5.41 Å². The standard InChI is InChI=1S/C36H53N5O6S2/c1-25(2)32-38-27(22-48-32)33(44)41-19-20-47-36(23-41)13-17-40(18-14-36)16-7-5-6-11-35(3,4)12-8-15-37-21-29(46-24-42)26-9-10-28(43)30-31(26)49-34(45)39-30/h9-10,22,24-25,29,37,43H,5-8,11-21,23H2,1-4H3,(H,39,45)/t29-/m0/s1. The number of H-pyrrole nitrogens is 1. The van der Waals surface area contributed by atoms with Gasteiger partial charge in [-0.2, -0.15) is 0 Å². The molecule has 49 heavy (non-hydrogen) atoms. The topological polar surface area (TPSA) is 137 Å². The maximum atomic E-state index is 13.2. The molecule has 1 aromatic carbocycles. The van der Waals surface area contributed by atoms with Crippen molar-refractivity contribution in [2.45, 2.75) is 96.7 Å². The molecule has 0 bridgehead atoms. The highest BCUT2D eigenvalue weighted by molar-refractivity contribution is 7.16. The summed E-state index contributed by atoms with van der Waals surface area (Å²) in [4.78, 5) is 47.8. The van der Waals surface area contributed by atoms with Gasteiger partial charge in [0.2, 0.25) is 0 Å². The molecule has 0 saturated carbocycles. The number of aromatic amines is 1. The van der Waals surface area contributed by atoms with E-state index in [-0.39, 0.29) is 27.5 Å². The molecule has 13 heteroatoms. The van der Waals surface area contributed by atoms with E-state index in [1.807, 2.05) is 10.3 Å². The number of ether oxygens (including phenoxy) is 2. The lowest BCUT2D eigenvalue weighted by Gasteiger charge is -2.47. The van der Waals surface area contributed by atoms with Gasteiger partial charge in [-0.1, -0.05) is 57.9 Å². The number of nitrogens with one attached hydrogen (secondary N) is 2. The van der Waals surface area contributed by atoms with Crippen molar-refractivity contribution in [3.63, 3.8) is 0 Å². The van der Waals surface area contributed by atoms with Crippen molar-refractivity contribution in [2.75, 3.05) is 52.4 Å². The summed E-state index contributed by atoms with van der Waals surface area (Å²) in [5, 5.41) is 16.4. The van der Waals surface area contributed by atoms with E-state index in [2.05, 4.69) is 47.9 Å². The molecule has 2 fully saturated rings. The molecule has 1 amide bonds. The van der Waals surface area contributed by atoms with E-state index in [0.717, 1.165) is 68.2 Å². The van der Waals surface area contributed by atoms with Crippen LogP contribution < -0.4 is 10.2 Å². The third kappa shape index (κ3) is 9.90. The molecular weight excluding hydrogens is 663 g/mol. The Morgan fingerprint density at radius 1 is 1.18 bits per heavy atom. The molecule has 3 N–H and O–H groups in total. The second-order valence-electron chi connectivity index (χ2n) is 14.7. The number of carbonyl (C=O) groups excluding carboxylic acids is 2. The number of hydrogen-bond acceptors (Lipinski definition) is 11. The van der Waals surface area contributed by atoms with Gasteiger partial charge in [0.25, 0.3) is 12.4 Å². The fourth-order valence-electron chi connectivity index (χ4n) is 7.08. The summed E-state index contributed by atoms with van der Waals surface area (Å²) < 4.78 is 12.3. The zero-order valence-corrected chi connectivity index (χ0v) is 31.1. The molecule has 2 aliphatic heterocycles. The molecule has 2 saturated heterocycles. The monoisotopic (exact) mass is 715 g/mol. The van der Waals surface area contributed by atoms with Crippen LogP contribution in [0.15, 0.2) is 22.3 Å². The van der Waals surface area contributed by atoms with E-state index < -0.39 is 6.10 Å². The highest BCUT2D eigenvalue weighted by atomic mass is 32.1. The Morgan fingerprint density at radius 3 is 2.69 bits per heavy atom. The summed E-state index contributed by atoms with van der Waals surface area (Å²) in [5.41, 5.74) is 1.67. The van der Waals surface area contributed by atoms with E-state index in [0.29, 0.717) is 60.1 Å². The highest BCUT2D eigenvalue weighted by Crippen LogP contribution is 2.34. The Morgan fingerprint density at radius 2 is 1.96 bits per heavy atom. The molecule has 2 aromatic heterocycles. The van der Waals surface area contributed by atoms with Crippen molar-refractivity contribution in [3.05, 3.63) is 43.4 Å². The maximum Gasteiger partial charge on any atom is 0.305 e. The predicted octanol–water partition coefficient (Wildman–Crippen LogP) is 6.05. The summed E-state index contributed by atoms with van der Waals surface area (Å²) in [6, 6.07) is 3.22. The average Bonchev–Trinajstić information content (AvgIpc) is 3.73. The molecule has 4 heterocycles. The van der Waals surface area contributed by atoms with Crippen LogP contribution in [-0.2, 0) is 14.3 Å². The smallest absolute Gasteiger partial charge is 0.305 e. The fraction of sp³-hybridized carbons (Fsp3) is 0.667. The number of fused-ring (bicyclic) bond motifs is 1. The van der Waals surface area contributed by atoms with E-state index in [9.17, 15) is 19.5 Å². The van der Waals surface area contributed by atoms with Crippen LogP contribution in [0.5, 0.6) is 5.75 Å². The third-order valence-corrected chi connectivity index (χ3v) is 12.1. The Bertz CT molecular complexity index is 1590. The van der Waals surface area contributed by atoms with Gasteiger partial charge in [-0.05, 0) is 63.1 Å². The number of unbranched alkanes of at least 4 members (excludes halogenated alkanes) is 2. The summed E-state index contributed by atoms with van der Waals surface area (Å²) in [6.45, 7) is 15.6. The summed E-state index contributed by atoms with van der Waals surface area (Å²) in [5.74, 6) is 0.369. The van der Waals surface area contributed by atoms with Crippen LogP contribution in [-0.4, -0.2) is 95.3 Å². The van der Waals surface area contributed by atoms with Gasteiger partial charge in [0.05, 0.1) is 28.5 Å². The maximum absolute atomic E-state index is 13.2. The normalized spacial score (nSPS) is 17.6. The predicted molar refractivity (Wildman–Crippen MR) is 195 cm³/mol. The number of aromatic hydroxyl groups is 1. The number of morpholine rings is 1. The second kappa shape index (κ2) is 16.9. The van der Waals surface area contributed by atoms with Crippen molar-refractivity contribution < 1.29 is 24.2 Å². The number of phenols is 1. The molecule has 0 aliphatic carbocycles. The quantitative estimate of drug-likeness (QED) is 0.113. The molecule has 11 nitrogen and oxygen atoms in total. The van der Waals surface area contributed by atoms with Gasteiger partial charge in [0, 0.05) is 43.0 Å². The zero-order valence-electron chi connectivity index (χ0n) is 29.4. The van der Waals surface area contributed by atoms with Gasteiger partial charge in [-0.3, -0.25) is 14.4 Å². The first kappa shape index (κ1) is 37.4. The molecule has 1 atom stereocenters. The third-order valence-electron chi connectivity index (χ3n) is 10.1. The number of rotatable bonds is 17. The van der Waals surface area contributed by atoms with Gasteiger partial charge in [0.15, 0.2) is 0 Å². The minimum Gasteiger partial charge on any atom is -0.506 e. The summed E-state index contributed by atoms with van der Waals surface area (Å²) in [6.07, 6.45) is 8.26. The van der Waals surface area contributed by atoms with Gasteiger partial charge in [0.1, 0.15) is 23.1 Å². The minimum absolute atomic E-state index is 0.00151. The number of likely N-dealkylation sites (tertiary alicyclic amines) is 1. The first-order chi connectivity index (χ1) is 23.5. The second-order valence-corrected chi connectivity index (χ2v) is 16.6. The molecule has 270 valence electrons. The number of thiazole rings is 2. The molecule has 0 radical (unpaired) electrons. The van der Waals surface area contributed by atoms with Crippen LogP contribution in [0.25, 0.3) is 10.2 Å². The van der Waals surface area contributed by atoms with Crippen molar-refractivity contribution in [3.8, 4) is 5.75 Å². The number of piperidine rings is 1. The zero-order chi connectivity index (χ0) is 35.0. The van der Waals surface area contributed by atoms with E-state index in [1.54, 1.807) is 17.4 Å². The summed E-state index contributed by atoms with van der Waals surface area (Å²) >= 11 is 2.58. The number of carbonyl (C=O) groups is 2. The minimum atomic E-state index is -0.549. The SMILES string of the molecule is CC(C)c1nc(C(=O)N2CCOC3(CCN(CCCCCC(C)(C)CCCNC[C@H](OC=O)c4ccc(O)c5[nH]c(=O)sc45)CC3)C2)cs1. The lowest BCUT2D eigenvalue weighted by Crippen LogP contribution is -2.58. The molecular formula is C36H53N5O6S2. The first-order valence-corrected chi connectivity index (χ1v) is 19.4. The lowest BCUT2D eigenvalue weighted by molar-refractivity contribution is -0.133. The Labute approximate surface area is 297 Å². The number of aromatic nitrogens is 2. The average molecular weight is 716 g/mol. The fourth-order valence-corrected chi connectivity index (χ4v) is 8.80. The number of hydrogen-bond donors (Lipinski definition) is 3. The van der Waals surface area contributed by atoms with Crippen LogP contribution in [0.2, 0.25) is 0 Å².